The van der Waals surface area contributed by atoms with Gasteiger partial charge < -0.3 is 0 Å². The molecule has 2 nitrogen and oxygen atoms in total. The second-order valence-corrected chi connectivity index (χ2v) is 6.84. The largest absolute Gasteiger partial charge is 0.223 e. The lowest BCUT2D eigenvalue weighted by Gasteiger charge is -2.09. The van der Waals surface area contributed by atoms with E-state index in [1.54, 1.807) is 0 Å². The predicted octanol–water partition coefficient (Wildman–Crippen LogP) is 6.77. The van der Waals surface area contributed by atoms with Crippen molar-refractivity contribution in [1.82, 2.24) is 9.97 Å². The standard InChI is InChI=1S/C24H15ClN2/c25-24-26-22-9-5-4-8-21(22)23(27-24)20-13-12-18-14-17(10-11-19(18)15-20)16-6-2-1-3-7-16/h1-15H. The highest BCUT2D eigenvalue weighted by atomic mass is 35.5. The van der Waals surface area contributed by atoms with Crippen LogP contribution in [0.4, 0.5) is 0 Å². The van der Waals surface area contributed by atoms with Crippen LogP contribution < -0.4 is 0 Å². The molecule has 4 aromatic carbocycles. The molecule has 0 radical (unpaired) electrons. The summed E-state index contributed by atoms with van der Waals surface area (Å²) in [5.74, 6) is 0. The second kappa shape index (κ2) is 6.49. The molecule has 0 unspecified atom stereocenters. The molecular formula is C24H15ClN2. The van der Waals surface area contributed by atoms with Crippen LogP contribution in [0.15, 0.2) is 91.0 Å². The number of halogens is 1. The number of hydrogen-bond acceptors (Lipinski definition) is 2. The highest BCUT2D eigenvalue weighted by molar-refractivity contribution is 6.28. The number of nitrogens with zero attached hydrogens (tertiary/aromatic N) is 2. The molecule has 27 heavy (non-hydrogen) atoms. The first-order chi connectivity index (χ1) is 13.3. The maximum absolute atomic E-state index is 6.16. The van der Waals surface area contributed by atoms with E-state index in [1.807, 2.05) is 30.3 Å². The fraction of sp³-hybridized carbons (Fsp3) is 0. The Kier molecular flexibility index (Phi) is 3.84. The average Bonchev–Trinajstić information content (AvgIpc) is 2.73. The summed E-state index contributed by atoms with van der Waals surface area (Å²) in [6, 6.07) is 31.3. The molecule has 0 atom stereocenters. The number of hydrogen-bond donors (Lipinski definition) is 0. The van der Waals surface area contributed by atoms with Crippen molar-refractivity contribution in [2.24, 2.45) is 0 Å². The zero-order chi connectivity index (χ0) is 18.2. The van der Waals surface area contributed by atoms with Crippen molar-refractivity contribution in [3.63, 3.8) is 0 Å². The van der Waals surface area contributed by atoms with Gasteiger partial charge in [0.1, 0.15) is 0 Å². The van der Waals surface area contributed by atoms with Crippen molar-refractivity contribution < 1.29 is 0 Å². The molecular weight excluding hydrogens is 352 g/mol. The molecule has 1 heterocycles. The van der Waals surface area contributed by atoms with Crippen molar-refractivity contribution in [3.05, 3.63) is 96.3 Å². The Morgan fingerprint density at radius 2 is 1.22 bits per heavy atom. The number of rotatable bonds is 2. The van der Waals surface area contributed by atoms with Gasteiger partial charge in [0, 0.05) is 10.9 Å². The maximum atomic E-state index is 6.16. The monoisotopic (exact) mass is 366 g/mol. The quantitative estimate of drug-likeness (QED) is 0.322. The summed E-state index contributed by atoms with van der Waals surface area (Å²) in [5.41, 5.74) is 5.19. The predicted molar refractivity (Wildman–Crippen MR) is 113 cm³/mol. The molecule has 0 fully saturated rings. The Morgan fingerprint density at radius 1 is 0.556 bits per heavy atom. The molecule has 5 rings (SSSR count). The van der Waals surface area contributed by atoms with Gasteiger partial charge in [-0.15, -0.1) is 0 Å². The highest BCUT2D eigenvalue weighted by Crippen LogP contribution is 2.31. The van der Waals surface area contributed by atoms with E-state index in [4.69, 9.17) is 11.6 Å². The molecule has 0 aliphatic carbocycles. The summed E-state index contributed by atoms with van der Waals surface area (Å²) in [7, 11) is 0. The second-order valence-electron chi connectivity index (χ2n) is 6.50. The molecule has 128 valence electrons. The van der Waals surface area contributed by atoms with E-state index in [-0.39, 0.29) is 5.28 Å². The molecule has 0 aliphatic heterocycles. The van der Waals surface area contributed by atoms with Gasteiger partial charge in [-0.05, 0) is 51.7 Å². The Balaban J connectivity index is 1.66. The van der Waals surface area contributed by atoms with Crippen molar-refractivity contribution in [2.45, 2.75) is 0 Å². The Hall–Kier alpha value is -3.23. The zero-order valence-electron chi connectivity index (χ0n) is 14.4. The van der Waals surface area contributed by atoms with Crippen LogP contribution in [0.3, 0.4) is 0 Å². The molecule has 0 bridgehead atoms. The highest BCUT2D eigenvalue weighted by Gasteiger charge is 2.09. The van der Waals surface area contributed by atoms with Gasteiger partial charge in [0.15, 0.2) is 0 Å². The van der Waals surface area contributed by atoms with Crippen molar-refractivity contribution in [1.29, 1.82) is 0 Å². The smallest absolute Gasteiger partial charge is 0.218 e. The summed E-state index contributed by atoms with van der Waals surface area (Å²) in [5, 5.41) is 3.64. The summed E-state index contributed by atoms with van der Waals surface area (Å²) < 4.78 is 0. The summed E-state index contributed by atoms with van der Waals surface area (Å²) in [4.78, 5) is 8.82. The number of benzene rings is 4. The van der Waals surface area contributed by atoms with Crippen molar-refractivity contribution in [2.75, 3.05) is 0 Å². The van der Waals surface area contributed by atoms with Gasteiger partial charge in [0.25, 0.3) is 0 Å². The molecule has 1 aromatic heterocycles. The van der Waals surface area contributed by atoms with Crippen LogP contribution >= 0.6 is 11.6 Å². The van der Waals surface area contributed by atoms with E-state index in [1.165, 1.54) is 21.9 Å². The average molecular weight is 367 g/mol. The summed E-state index contributed by atoms with van der Waals surface area (Å²) in [6.45, 7) is 0. The lowest BCUT2D eigenvalue weighted by Crippen LogP contribution is -1.91. The minimum absolute atomic E-state index is 0.267. The van der Waals surface area contributed by atoms with Crippen LogP contribution in [0.1, 0.15) is 0 Å². The van der Waals surface area contributed by atoms with Crippen molar-refractivity contribution in [3.8, 4) is 22.4 Å². The van der Waals surface area contributed by atoms with Crippen LogP contribution in [0.2, 0.25) is 5.28 Å². The van der Waals surface area contributed by atoms with Crippen LogP contribution in [0.25, 0.3) is 44.1 Å². The minimum atomic E-state index is 0.267. The van der Waals surface area contributed by atoms with E-state index in [2.05, 4.69) is 70.6 Å². The Labute approximate surface area is 162 Å². The van der Waals surface area contributed by atoms with Crippen LogP contribution in [-0.2, 0) is 0 Å². The number of para-hydroxylation sites is 1. The number of fused-ring (bicyclic) bond motifs is 2. The van der Waals surface area contributed by atoms with Gasteiger partial charge in [-0.3, -0.25) is 0 Å². The van der Waals surface area contributed by atoms with E-state index >= 15 is 0 Å². The van der Waals surface area contributed by atoms with Gasteiger partial charge in [-0.2, -0.15) is 0 Å². The molecule has 5 aromatic rings. The van der Waals surface area contributed by atoms with Crippen LogP contribution in [-0.4, -0.2) is 9.97 Å². The minimum Gasteiger partial charge on any atom is -0.218 e. The normalized spacial score (nSPS) is 11.1. The Morgan fingerprint density at radius 3 is 2.04 bits per heavy atom. The molecule has 0 saturated heterocycles. The third kappa shape index (κ3) is 2.94. The lowest BCUT2D eigenvalue weighted by atomic mass is 9.98. The molecule has 0 amide bonds. The van der Waals surface area contributed by atoms with Gasteiger partial charge >= 0.3 is 0 Å². The topological polar surface area (TPSA) is 25.8 Å². The first kappa shape index (κ1) is 16.0. The van der Waals surface area contributed by atoms with E-state index in [9.17, 15) is 0 Å². The van der Waals surface area contributed by atoms with E-state index < -0.39 is 0 Å². The van der Waals surface area contributed by atoms with E-state index in [0.29, 0.717) is 0 Å². The third-order valence-electron chi connectivity index (χ3n) is 4.80. The maximum Gasteiger partial charge on any atom is 0.223 e. The van der Waals surface area contributed by atoms with Crippen molar-refractivity contribution >= 4 is 33.3 Å². The fourth-order valence-corrected chi connectivity index (χ4v) is 3.65. The Bertz CT molecular complexity index is 1280. The van der Waals surface area contributed by atoms with Gasteiger partial charge in [-0.1, -0.05) is 72.8 Å². The van der Waals surface area contributed by atoms with Gasteiger partial charge in [-0.25, -0.2) is 9.97 Å². The van der Waals surface area contributed by atoms with Crippen LogP contribution in [0.5, 0.6) is 0 Å². The molecule has 0 spiro atoms. The molecule has 0 aliphatic rings. The first-order valence-corrected chi connectivity index (χ1v) is 9.18. The number of aromatic nitrogens is 2. The third-order valence-corrected chi connectivity index (χ3v) is 4.97. The van der Waals surface area contributed by atoms with Crippen LogP contribution in [0, 0.1) is 0 Å². The zero-order valence-corrected chi connectivity index (χ0v) is 15.2. The first-order valence-electron chi connectivity index (χ1n) is 8.80. The SMILES string of the molecule is Clc1nc(-c2ccc3cc(-c4ccccc4)ccc3c2)c2ccccc2n1. The van der Waals surface area contributed by atoms with E-state index in [0.717, 1.165) is 22.2 Å². The lowest BCUT2D eigenvalue weighted by molar-refractivity contribution is 1.22. The van der Waals surface area contributed by atoms with Gasteiger partial charge in [0.05, 0.1) is 11.2 Å². The molecule has 0 saturated carbocycles. The summed E-state index contributed by atoms with van der Waals surface area (Å²) in [6.07, 6.45) is 0. The fourth-order valence-electron chi connectivity index (χ4n) is 3.47. The summed E-state index contributed by atoms with van der Waals surface area (Å²) >= 11 is 6.16. The molecule has 0 N–H and O–H groups in total. The van der Waals surface area contributed by atoms with Gasteiger partial charge in [0.2, 0.25) is 5.28 Å². The molecule has 3 heteroatoms.